The van der Waals surface area contributed by atoms with Gasteiger partial charge in [0.05, 0.1) is 17.9 Å². The maximum Gasteiger partial charge on any atom is 0.211 e. The Morgan fingerprint density at radius 1 is 1.45 bits per heavy atom. The maximum absolute atomic E-state index is 11.7. The van der Waals surface area contributed by atoms with E-state index in [1.165, 1.54) is 12.7 Å². The number of hydrogen-bond acceptors (Lipinski definition) is 5. The van der Waals surface area contributed by atoms with Crippen LogP contribution in [0.2, 0.25) is 0 Å². The Balaban J connectivity index is 1.97. The Bertz CT molecular complexity index is 417. The van der Waals surface area contributed by atoms with E-state index in [2.05, 4.69) is 5.43 Å². The molecule has 0 aromatic carbocycles. The summed E-state index contributed by atoms with van der Waals surface area (Å²) in [7, 11) is -1.34. The first-order valence-electron chi connectivity index (χ1n) is 7.38. The van der Waals surface area contributed by atoms with E-state index in [0.717, 1.165) is 32.1 Å². The van der Waals surface area contributed by atoms with Crippen LogP contribution < -0.4 is 11.3 Å². The predicted molar refractivity (Wildman–Crippen MR) is 78.5 cm³/mol. The summed E-state index contributed by atoms with van der Waals surface area (Å²) in [4.78, 5) is 0. The minimum Gasteiger partial charge on any atom is -0.377 e. The van der Waals surface area contributed by atoms with Gasteiger partial charge in [0.25, 0.3) is 0 Å². The molecule has 2 unspecified atom stereocenters. The highest BCUT2D eigenvalue weighted by Gasteiger charge is 2.45. The summed E-state index contributed by atoms with van der Waals surface area (Å²) >= 11 is 0. The van der Waals surface area contributed by atoms with E-state index >= 15 is 0 Å². The molecule has 118 valence electrons. The lowest BCUT2D eigenvalue weighted by Crippen LogP contribution is -2.59. The van der Waals surface area contributed by atoms with E-state index in [-0.39, 0.29) is 11.6 Å². The molecule has 1 saturated heterocycles. The molecule has 0 aromatic heterocycles. The van der Waals surface area contributed by atoms with Gasteiger partial charge in [0.1, 0.15) is 0 Å². The highest BCUT2D eigenvalue weighted by Crippen LogP contribution is 2.40. The fourth-order valence-electron chi connectivity index (χ4n) is 3.51. The van der Waals surface area contributed by atoms with E-state index in [1.54, 1.807) is 11.4 Å². The van der Waals surface area contributed by atoms with Gasteiger partial charge in [0, 0.05) is 20.2 Å². The zero-order valence-electron chi connectivity index (χ0n) is 12.5. The lowest BCUT2D eigenvalue weighted by molar-refractivity contribution is -0.104. The molecule has 0 bridgehead atoms. The third-order valence-corrected chi connectivity index (χ3v) is 6.23. The summed E-state index contributed by atoms with van der Waals surface area (Å²) in [6.07, 6.45) is 7.37. The first-order valence-corrected chi connectivity index (χ1v) is 9.22. The standard InChI is InChI=1S/C13H27N3O3S/c1-19-13(6-4-7-13)12(15-14)9-11-5-3-8-16(10-11)20(2,17)18/h11-12,15H,3-10,14H2,1-2H3. The second kappa shape index (κ2) is 6.27. The van der Waals surface area contributed by atoms with Crippen LogP contribution in [0.15, 0.2) is 0 Å². The highest BCUT2D eigenvalue weighted by molar-refractivity contribution is 7.88. The number of nitrogens with one attached hydrogen (secondary N) is 1. The first-order chi connectivity index (χ1) is 9.41. The quantitative estimate of drug-likeness (QED) is 0.550. The molecule has 1 aliphatic heterocycles. The van der Waals surface area contributed by atoms with Crippen LogP contribution in [0.3, 0.4) is 0 Å². The van der Waals surface area contributed by atoms with Gasteiger partial charge in [-0.3, -0.25) is 11.3 Å². The lowest BCUT2D eigenvalue weighted by Gasteiger charge is -2.47. The van der Waals surface area contributed by atoms with Crippen LogP contribution in [0.5, 0.6) is 0 Å². The fourth-order valence-corrected chi connectivity index (χ4v) is 4.45. The molecule has 2 aliphatic rings. The zero-order valence-corrected chi connectivity index (χ0v) is 13.3. The van der Waals surface area contributed by atoms with Crippen LogP contribution in [0.1, 0.15) is 38.5 Å². The van der Waals surface area contributed by atoms with Crippen LogP contribution in [-0.4, -0.2) is 50.8 Å². The van der Waals surface area contributed by atoms with Gasteiger partial charge >= 0.3 is 0 Å². The van der Waals surface area contributed by atoms with Crippen molar-refractivity contribution in [1.82, 2.24) is 9.73 Å². The number of methoxy groups -OCH3 is 1. The molecule has 7 heteroatoms. The van der Waals surface area contributed by atoms with Crippen LogP contribution in [-0.2, 0) is 14.8 Å². The Morgan fingerprint density at radius 2 is 2.15 bits per heavy atom. The number of nitrogens with two attached hydrogens (primary N) is 1. The van der Waals surface area contributed by atoms with E-state index in [4.69, 9.17) is 10.6 Å². The van der Waals surface area contributed by atoms with Crippen molar-refractivity contribution in [2.75, 3.05) is 26.5 Å². The van der Waals surface area contributed by atoms with Crippen LogP contribution >= 0.6 is 0 Å². The number of sulfonamides is 1. The molecule has 1 aliphatic carbocycles. The van der Waals surface area contributed by atoms with Gasteiger partial charge in [0.15, 0.2) is 0 Å². The van der Waals surface area contributed by atoms with E-state index in [9.17, 15) is 8.42 Å². The summed E-state index contributed by atoms with van der Waals surface area (Å²) in [5, 5.41) is 0. The zero-order chi connectivity index (χ0) is 14.8. The van der Waals surface area contributed by atoms with Crippen molar-refractivity contribution in [3.05, 3.63) is 0 Å². The molecule has 1 saturated carbocycles. The molecule has 2 rings (SSSR count). The molecule has 2 fully saturated rings. The molecular formula is C13H27N3O3S. The monoisotopic (exact) mass is 305 g/mol. The topological polar surface area (TPSA) is 84.7 Å². The molecule has 6 nitrogen and oxygen atoms in total. The average Bonchev–Trinajstić information content (AvgIpc) is 2.36. The van der Waals surface area contributed by atoms with Crippen molar-refractivity contribution >= 4 is 10.0 Å². The number of hydrogen-bond donors (Lipinski definition) is 2. The lowest BCUT2D eigenvalue weighted by atomic mass is 9.71. The smallest absolute Gasteiger partial charge is 0.211 e. The van der Waals surface area contributed by atoms with Crippen LogP contribution in [0.25, 0.3) is 0 Å². The molecule has 2 atom stereocenters. The fraction of sp³-hybridized carbons (Fsp3) is 1.00. The summed E-state index contributed by atoms with van der Waals surface area (Å²) in [5.41, 5.74) is 2.75. The van der Waals surface area contributed by atoms with Gasteiger partial charge in [-0.05, 0) is 44.4 Å². The number of ether oxygens (including phenoxy) is 1. The summed E-state index contributed by atoms with van der Waals surface area (Å²) in [5.74, 6) is 6.07. The third-order valence-electron chi connectivity index (χ3n) is 4.96. The van der Waals surface area contributed by atoms with Crippen molar-refractivity contribution in [2.45, 2.75) is 50.2 Å². The van der Waals surface area contributed by atoms with Crippen molar-refractivity contribution in [3.63, 3.8) is 0 Å². The third kappa shape index (κ3) is 3.33. The molecule has 3 N–H and O–H groups in total. The first kappa shape index (κ1) is 16.2. The van der Waals surface area contributed by atoms with Crippen LogP contribution in [0, 0.1) is 5.92 Å². The van der Waals surface area contributed by atoms with Gasteiger partial charge in [-0.25, -0.2) is 12.7 Å². The van der Waals surface area contributed by atoms with Gasteiger partial charge in [-0.2, -0.15) is 0 Å². The van der Waals surface area contributed by atoms with Gasteiger partial charge in [-0.1, -0.05) is 0 Å². The molecule has 0 amide bonds. The Kier molecular flexibility index (Phi) is 5.07. The number of rotatable bonds is 6. The van der Waals surface area contributed by atoms with Crippen molar-refractivity contribution in [1.29, 1.82) is 0 Å². The second-order valence-corrected chi connectivity index (χ2v) is 8.19. The number of piperidine rings is 1. The molecular weight excluding hydrogens is 278 g/mol. The SMILES string of the molecule is COC1(C(CC2CCCN(S(C)(=O)=O)C2)NN)CCC1. The molecule has 0 aromatic rings. The maximum atomic E-state index is 11.7. The normalized spacial score (nSPS) is 28.9. The minimum atomic E-state index is -3.08. The largest absolute Gasteiger partial charge is 0.377 e. The van der Waals surface area contributed by atoms with Gasteiger partial charge in [-0.15, -0.1) is 0 Å². The Labute approximate surface area is 122 Å². The molecule has 0 spiro atoms. The minimum absolute atomic E-state index is 0.103. The number of hydrazine groups is 1. The summed E-state index contributed by atoms with van der Waals surface area (Å²) in [6.45, 7) is 1.25. The van der Waals surface area contributed by atoms with Crippen molar-refractivity contribution in [3.8, 4) is 0 Å². The van der Waals surface area contributed by atoms with Crippen molar-refractivity contribution < 1.29 is 13.2 Å². The van der Waals surface area contributed by atoms with E-state index in [1.807, 2.05) is 0 Å². The van der Waals surface area contributed by atoms with E-state index < -0.39 is 10.0 Å². The molecule has 0 radical (unpaired) electrons. The number of nitrogens with zero attached hydrogens (tertiary/aromatic N) is 1. The summed E-state index contributed by atoms with van der Waals surface area (Å²) in [6, 6.07) is 0.103. The second-order valence-electron chi connectivity index (χ2n) is 6.21. The van der Waals surface area contributed by atoms with E-state index in [0.29, 0.717) is 19.0 Å². The Hall–Kier alpha value is -0.210. The molecule has 1 heterocycles. The molecule has 20 heavy (non-hydrogen) atoms. The van der Waals surface area contributed by atoms with Crippen LogP contribution in [0.4, 0.5) is 0 Å². The average molecular weight is 305 g/mol. The van der Waals surface area contributed by atoms with Crippen molar-refractivity contribution in [2.24, 2.45) is 11.8 Å². The predicted octanol–water partition coefficient (Wildman–Crippen LogP) is 0.449. The summed E-state index contributed by atoms with van der Waals surface area (Å²) < 4.78 is 30.6. The Morgan fingerprint density at radius 3 is 2.60 bits per heavy atom. The highest BCUT2D eigenvalue weighted by atomic mass is 32.2. The van der Waals surface area contributed by atoms with Gasteiger partial charge in [0.2, 0.25) is 10.0 Å². The van der Waals surface area contributed by atoms with Gasteiger partial charge < -0.3 is 4.74 Å².